The molecule has 0 aliphatic carbocycles. The molecule has 3 heterocycles. The lowest BCUT2D eigenvalue weighted by atomic mass is 9.93. The lowest BCUT2D eigenvalue weighted by molar-refractivity contribution is -0.134. The Bertz CT molecular complexity index is 1080. The van der Waals surface area contributed by atoms with Crippen LogP contribution in [0.3, 0.4) is 0 Å². The van der Waals surface area contributed by atoms with E-state index in [4.69, 9.17) is 9.47 Å². The molecule has 10 heteroatoms. The second-order valence-electron chi connectivity index (χ2n) is 9.85. The van der Waals surface area contributed by atoms with Gasteiger partial charge in [-0.3, -0.25) is 24.5 Å². The Morgan fingerprint density at radius 1 is 1.18 bits per heavy atom. The number of piperidine rings is 1. The molecule has 34 heavy (non-hydrogen) atoms. The van der Waals surface area contributed by atoms with Gasteiger partial charge in [0.1, 0.15) is 18.0 Å². The normalized spacial score (nSPS) is 19.9. The summed E-state index contributed by atoms with van der Waals surface area (Å²) >= 11 is 0. The zero-order valence-electron chi connectivity index (χ0n) is 20.3. The van der Waals surface area contributed by atoms with Crippen molar-refractivity contribution >= 4 is 28.8 Å². The summed E-state index contributed by atoms with van der Waals surface area (Å²) in [5.74, 6) is -0.211. The minimum absolute atomic E-state index is 0.233. The highest BCUT2D eigenvalue weighted by Crippen LogP contribution is 2.31. The van der Waals surface area contributed by atoms with Gasteiger partial charge in [0.2, 0.25) is 11.8 Å². The molecule has 0 radical (unpaired) electrons. The summed E-state index contributed by atoms with van der Waals surface area (Å²) in [7, 11) is 1.84. The van der Waals surface area contributed by atoms with Gasteiger partial charge in [0.25, 0.3) is 0 Å². The summed E-state index contributed by atoms with van der Waals surface area (Å²) < 4.78 is 13.2. The molecule has 184 valence electrons. The third-order valence-corrected chi connectivity index (χ3v) is 6.12. The van der Waals surface area contributed by atoms with Crippen molar-refractivity contribution in [3.63, 3.8) is 0 Å². The highest BCUT2D eigenvalue weighted by Gasteiger charge is 2.31. The first-order chi connectivity index (χ1) is 16.1. The molecular weight excluding hydrogens is 438 g/mol. The number of amides is 3. The van der Waals surface area contributed by atoms with E-state index in [9.17, 15) is 14.4 Å². The van der Waals surface area contributed by atoms with Crippen LogP contribution in [-0.2, 0) is 21.4 Å². The van der Waals surface area contributed by atoms with Gasteiger partial charge in [-0.05, 0) is 39.3 Å². The van der Waals surface area contributed by atoms with E-state index in [0.717, 1.165) is 36.3 Å². The van der Waals surface area contributed by atoms with Crippen LogP contribution in [0.4, 0.5) is 4.79 Å². The fraction of sp³-hybridized carbons (Fsp3) is 0.583. The lowest BCUT2D eigenvalue weighted by Gasteiger charge is -2.35. The number of imide groups is 1. The van der Waals surface area contributed by atoms with Crippen LogP contribution in [0.25, 0.3) is 10.9 Å². The van der Waals surface area contributed by atoms with Gasteiger partial charge in [-0.25, -0.2) is 4.79 Å². The molecule has 4 rings (SSSR count). The zero-order chi connectivity index (χ0) is 24.5. The highest BCUT2D eigenvalue weighted by atomic mass is 16.6. The minimum atomic E-state index is -0.486. The number of hydrogen-bond acceptors (Lipinski definition) is 7. The number of aryl methyl sites for hydroxylation is 1. The topological polar surface area (TPSA) is 106 Å². The fourth-order valence-corrected chi connectivity index (χ4v) is 4.34. The SMILES string of the molecule is Cn1nc(C2CCC(=O)NC2=O)c2ccc(OCCN3CCN(C(=O)OC(C)(C)C)CC3)cc21. The first kappa shape index (κ1) is 24.0. The van der Waals surface area contributed by atoms with Crippen LogP contribution in [0.15, 0.2) is 18.2 Å². The summed E-state index contributed by atoms with van der Waals surface area (Å²) in [4.78, 5) is 40.0. The zero-order valence-corrected chi connectivity index (χ0v) is 20.3. The number of nitrogens with zero attached hydrogens (tertiary/aromatic N) is 4. The number of piperazine rings is 1. The molecule has 0 saturated carbocycles. The monoisotopic (exact) mass is 471 g/mol. The largest absolute Gasteiger partial charge is 0.492 e. The van der Waals surface area contributed by atoms with Crippen molar-refractivity contribution in [3.05, 3.63) is 23.9 Å². The van der Waals surface area contributed by atoms with E-state index in [-0.39, 0.29) is 17.9 Å². The van der Waals surface area contributed by atoms with Crippen molar-refractivity contribution in [1.82, 2.24) is 24.9 Å². The fourth-order valence-electron chi connectivity index (χ4n) is 4.34. The number of hydrogen-bond donors (Lipinski definition) is 1. The summed E-state index contributed by atoms with van der Waals surface area (Å²) in [6.07, 6.45) is 0.530. The predicted octanol–water partition coefficient (Wildman–Crippen LogP) is 2.03. The molecule has 1 N–H and O–H groups in total. The third kappa shape index (κ3) is 5.49. The molecule has 1 unspecified atom stereocenters. The van der Waals surface area contributed by atoms with Crippen molar-refractivity contribution in [2.24, 2.45) is 7.05 Å². The van der Waals surface area contributed by atoms with Crippen molar-refractivity contribution in [2.75, 3.05) is 39.3 Å². The molecule has 0 spiro atoms. The summed E-state index contributed by atoms with van der Waals surface area (Å²) in [5.41, 5.74) is 1.08. The molecular formula is C24H33N5O5. The Balaban J connectivity index is 1.30. The molecule has 1 aromatic heterocycles. The number of ether oxygens (including phenoxy) is 2. The maximum Gasteiger partial charge on any atom is 0.410 e. The van der Waals surface area contributed by atoms with Crippen molar-refractivity contribution in [3.8, 4) is 5.75 Å². The second-order valence-corrected chi connectivity index (χ2v) is 9.85. The van der Waals surface area contributed by atoms with Crippen LogP contribution < -0.4 is 10.1 Å². The molecule has 2 aromatic rings. The Labute approximate surface area is 199 Å². The van der Waals surface area contributed by atoms with Gasteiger partial charge in [-0.2, -0.15) is 5.10 Å². The van der Waals surface area contributed by atoms with Crippen LogP contribution in [0.1, 0.15) is 45.2 Å². The highest BCUT2D eigenvalue weighted by molar-refractivity contribution is 6.02. The van der Waals surface area contributed by atoms with E-state index in [1.165, 1.54) is 0 Å². The Morgan fingerprint density at radius 2 is 1.91 bits per heavy atom. The maximum absolute atomic E-state index is 12.3. The number of carbonyl (C=O) groups excluding carboxylic acids is 3. The quantitative estimate of drug-likeness (QED) is 0.665. The van der Waals surface area contributed by atoms with Crippen molar-refractivity contribution in [1.29, 1.82) is 0 Å². The average Bonchev–Trinajstić information content (AvgIpc) is 3.09. The molecule has 1 aromatic carbocycles. The predicted molar refractivity (Wildman–Crippen MR) is 126 cm³/mol. The van der Waals surface area contributed by atoms with Crippen LogP contribution in [0.2, 0.25) is 0 Å². The second kappa shape index (κ2) is 9.61. The molecule has 2 aliphatic heterocycles. The van der Waals surface area contributed by atoms with Crippen LogP contribution in [-0.4, -0.2) is 82.4 Å². The first-order valence-electron chi connectivity index (χ1n) is 11.7. The van der Waals surface area contributed by atoms with Gasteiger partial charge >= 0.3 is 6.09 Å². The lowest BCUT2D eigenvalue weighted by Crippen LogP contribution is -2.50. The molecule has 2 aliphatic rings. The van der Waals surface area contributed by atoms with E-state index < -0.39 is 11.5 Å². The van der Waals surface area contributed by atoms with Gasteiger partial charge in [-0.15, -0.1) is 0 Å². The number of carbonyl (C=O) groups is 3. The van der Waals surface area contributed by atoms with Crippen LogP contribution >= 0.6 is 0 Å². The van der Waals surface area contributed by atoms with E-state index >= 15 is 0 Å². The van der Waals surface area contributed by atoms with E-state index in [2.05, 4.69) is 15.3 Å². The molecule has 10 nitrogen and oxygen atoms in total. The van der Waals surface area contributed by atoms with Gasteiger partial charge in [0, 0.05) is 57.6 Å². The molecule has 3 amide bonds. The Hall–Kier alpha value is -3.14. The Kier molecular flexibility index (Phi) is 6.79. The molecule has 1 atom stereocenters. The standard InChI is InChI=1S/C24H33N5O5/c1-24(2,3)34-23(32)29-11-9-28(10-12-29)13-14-33-16-5-6-17-19(15-16)27(4)26-21(17)18-7-8-20(30)25-22(18)31/h5-6,15,18H,7-14H2,1-4H3,(H,25,30,31). The first-order valence-corrected chi connectivity index (χ1v) is 11.7. The molecule has 0 bridgehead atoms. The Morgan fingerprint density at radius 3 is 2.59 bits per heavy atom. The number of nitrogens with one attached hydrogen (secondary N) is 1. The maximum atomic E-state index is 12.3. The smallest absolute Gasteiger partial charge is 0.410 e. The number of benzene rings is 1. The van der Waals surface area contributed by atoms with E-state index in [1.807, 2.05) is 46.0 Å². The summed E-state index contributed by atoms with van der Waals surface area (Å²) in [6, 6.07) is 5.74. The van der Waals surface area contributed by atoms with Crippen LogP contribution in [0, 0.1) is 0 Å². The summed E-state index contributed by atoms with van der Waals surface area (Å²) in [6.45, 7) is 9.73. The minimum Gasteiger partial charge on any atom is -0.492 e. The number of rotatable bonds is 5. The molecule has 2 fully saturated rings. The van der Waals surface area contributed by atoms with Gasteiger partial charge in [0.15, 0.2) is 0 Å². The van der Waals surface area contributed by atoms with Gasteiger partial charge in [-0.1, -0.05) is 0 Å². The van der Waals surface area contributed by atoms with Crippen molar-refractivity contribution < 1.29 is 23.9 Å². The van der Waals surface area contributed by atoms with Gasteiger partial charge < -0.3 is 14.4 Å². The number of aromatic nitrogens is 2. The van der Waals surface area contributed by atoms with Crippen molar-refractivity contribution in [2.45, 2.75) is 45.1 Å². The van der Waals surface area contributed by atoms with E-state index in [1.54, 1.807) is 9.58 Å². The molecule has 2 saturated heterocycles. The van der Waals surface area contributed by atoms with Crippen LogP contribution in [0.5, 0.6) is 5.75 Å². The number of fused-ring (bicyclic) bond motifs is 1. The summed E-state index contributed by atoms with van der Waals surface area (Å²) in [5, 5.41) is 7.86. The van der Waals surface area contributed by atoms with E-state index in [0.29, 0.717) is 38.2 Å². The third-order valence-electron chi connectivity index (χ3n) is 6.12. The average molecular weight is 472 g/mol. The van der Waals surface area contributed by atoms with Gasteiger partial charge in [0.05, 0.1) is 17.1 Å².